The van der Waals surface area contributed by atoms with Crippen molar-refractivity contribution in [3.05, 3.63) is 35.1 Å². The van der Waals surface area contributed by atoms with Crippen LogP contribution in [-0.2, 0) is 11.3 Å². The fourth-order valence-electron chi connectivity index (χ4n) is 4.63. The lowest BCUT2D eigenvalue weighted by molar-refractivity contribution is 0.0981. The highest BCUT2D eigenvalue weighted by atomic mass is 35.5. The molecule has 5 rings (SSSR count). The van der Waals surface area contributed by atoms with Gasteiger partial charge in [-0.15, -0.1) is 0 Å². The number of alkyl halides is 1. The first-order valence-electron chi connectivity index (χ1n) is 11.3. The van der Waals surface area contributed by atoms with Crippen molar-refractivity contribution in [3.8, 4) is 11.4 Å². The Morgan fingerprint density at radius 3 is 2.66 bits per heavy atom. The molecule has 0 saturated carbocycles. The molecule has 1 aromatic carbocycles. The molecule has 0 aliphatic carbocycles. The van der Waals surface area contributed by atoms with Crippen LogP contribution in [0.25, 0.3) is 22.6 Å². The normalized spacial score (nSPS) is 19.8. The van der Waals surface area contributed by atoms with E-state index in [2.05, 4.69) is 14.4 Å². The van der Waals surface area contributed by atoms with Crippen molar-refractivity contribution >= 4 is 28.6 Å². The Bertz CT molecular complexity index is 1090. The highest BCUT2D eigenvalue weighted by Gasteiger charge is 2.27. The Morgan fingerprint density at radius 1 is 1.12 bits per heavy atom. The lowest BCUT2D eigenvalue weighted by atomic mass is 10.2. The van der Waals surface area contributed by atoms with Crippen LogP contribution in [0.15, 0.2) is 24.3 Å². The van der Waals surface area contributed by atoms with E-state index in [0.29, 0.717) is 23.9 Å². The number of aromatic nitrogens is 4. The van der Waals surface area contributed by atoms with E-state index in [1.165, 1.54) is 0 Å². The van der Waals surface area contributed by atoms with Crippen molar-refractivity contribution in [2.24, 2.45) is 0 Å². The molecule has 2 aliphatic heterocycles. The van der Waals surface area contributed by atoms with Gasteiger partial charge in [-0.05, 0) is 31.9 Å². The van der Waals surface area contributed by atoms with Gasteiger partial charge in [-0.3, -0.25) is 4.90 Å². The Balaban J connectivity index is 1.60. The number of aryl methyl sites for hydroxylation is 1. The molecule has 170 valence electrons. The molecule has 32 heavy (non-hydrogen) atoms. The third-order valence-corrected chi connectivity index (χ3v) is 6.62. The molecule has 2 aliphatic rings. The maximum absolute atomic E-state index is 12.8. The molecule has 0 amide bonds. The molecule has 0 unspecified atom stereocenters. The number of imidazole rings is 1. The van der Waals surface area contributed by atoms with Crippen LogP contribution in [0.1, 0.15) is 18.7 Å². The quantitative estimate of drug-likeness (QED) is 0.561. The van der Waals surface area contributed by atoms with Crippen molar-refractivity contribution in [2.45, 2.75) is 32.4 Å². The second kappa shape index (κ2) is 9.29. The Hall–Kier alpha value is -2.29. The minimum Gasteiger partial charge on any atom is -0.376 e. The zero-order valence-electron chi connectivity index (χ0n) is 18.3. The first-order valence-corrected chi connectivity index (χ1v) is 11.7. The maximum atomic E-state index is 12.8. The van der Waals surface area contributed by atoms with Gasteiger partial charge in [-0.2, -0.15) is 0 Å². The number of hydrogen-bond acceptors (Lipinski definition) is 6. The standard InChI is InChI=1S/C23H28ClFN6O/c1-16-26-22(30-12-10-29(9-8-25)11-13-30)20-23(27-16)31(15-17-5-4-14-32-17)21(28-20)18-6-2-3-7-19(18)24/h2-3,6-7,17H,4-5,8-15H2,1H3/t17-/m0/s1. The Labute approximate surface area is 192 Å². The van der Waals surface area contributed by atoms with Gasteiger partial charge >= 0.3 is 0 Å². The minimum absolute atomic E-state index is 0.136. The summed E-state index contributed by atoms with van der Waals surface area (Å²) < 4.78 is 20.8. The van der Waals surface area contributed by atoms with Crippen LogP contribution < -0.4 is 4.90 Å². The fourth-order valence-corrected chi connectivity index (χ4v) is 4.85. The van der Waals surface area contributed by atoms with Crippen molar-refractivity contribution < 1.29 is 9.13 Å². The van der Waals surface area contributed by atoms with E-state index in [1.54, 1.807) is 0 Å². The topological polar surface area (TPSA) is 59.3 Å². The predicted octanol–water partition coefficient (Wildman–Crippen LogP) is 3.73. The van der Waals surface area contributed by atoms with Crippen LogP contribution in [0.2, 0.25) is 5.02 Å². The smallest absolute Gasteiger partial charge is 0.166 e. The molecule has 1 atom stereocenters. The second-order valence-electron chi connectivity index (χ2n) is 8.45. The zero-order valence-corrected chi connectivity index (χ0v) is 19.1. The molecule has 0 spiro atoms. The number of nitrogens with zero attached hydrogens (tertiary/aromatic N) is 6. The number of anilines is 1. The van der Waals surface area contributed by atoms with Crippen LogP contribution in [0.4, 0.5) is 10.2 Å². The second-order valence-corrected chi connectivity index (χ2v) is 8.85. The summed E-state index contributed by atoms with van der Waals surface area (Å²) in [4.78, 5) is 19.0. The third-order valence-electron chi connectivity index (χ3n) is 6.29. The van der Waals surface area contributed by atoms with Gasteiger partial charge in [0.05, 0.1) is 17.7 Å². The molecule has 2 fully saturated rings. The first kappa shape index (κ1) is 21.6. The van der Waals surface area contributed by atoms with E-state index < -0.39 is 0 Å². The maximum Gasteiger partial charge on any atom is 0.166 e. The number of halogens is 2. The van der Waals surface area contributed by atoms with Crippen LogP contribution in [0.3, 0.4) is 0 Å². The monoisotopic (exact) mass is 458 g/mol. The number of piperazine rings is 1. The molecule has 3 aromatic rings. The van der Waals surface area contributed by atoms with E-state index in [1.807, 2.05) is 31.2 Å². The first-order chi connectivity index (χ1) is 15.6. The van der Waals surface area contributed by atoms with Crippen LogP contribution in [0.5, 0.6) is 0 Å². The summed E-state index contributed by atoms with van der Waals surface area (Å²) in [6, 6.07) is 7.77. The predicted molar refractivity (Wildman–Crippen MR) is 124 cm³/mol. The van der Waals surface area contributed by atoms with Crippen molar-refractivity contribution in [2.75, 3.05) is 50.9 Å². The number of fused-ring (bicyclic) bond motifs is 1. The van der Waals surface area contributed by atoms with Gasteiger partial charge in [-0.25, -0.2) is 19.3 Å². The zero-order chi connectivity index (χ0) is 22.1. The van der Waals surface area contributed by atoms with E-state index in [-0.39, 0.29) is 12.8 Å². The Morgan fingerprint density at radius 2 is 1.94 bits per heavy atom. The largest absolute Gasteiger partial charge is 0.376 e. The molecule has 9 heteroatoms. The molecule has 0 bridgehead atoms. The number of benzene rings is 1. The van der Waals surface area contributed by atoms with Gasteiger partial charge in [0.1, 0.15) is 18.3 Å². The lowest BCUT2D eigenvalue weighted by Crippen LogP contribution is -2.47. The van der Waals surface area contributed by atoms with Gasteiger partial charge in [0, 0.05) is 44.9 Å². The SMILES string of the molecule is Cc1nc(N2CCN(CCF)CC2)c2nc(-c3ccccc3Cl)n(C[C@@H]3CCCO3)c2n1. The molecule has 0 N–H and O–H groups in total. The summed E-state index contributed by atoms with van der Waals surface area (Å²) in [6.45, 7) is 6.74. The summed E-state index contributed by atoms with van der Waals surface area (Å²) in [5, 5.41) is 0.655. The molecular formula is C23H28ClFN6O. The number of ether oxygens (including phenoxy) is 1. The minimum atomic E-state index is -0.314. The summed E-state index contributed by atoms with van der Waals surface area (Å²) in [6.07, 6.45) is 2.23. The summed E-state index contributed by atoms with van der Waals surface area (Å²) in [5.41, 5.74) is 2.47. The van der Waals surface area contributed by atoms with Gasteiger partial charge in [-0.1, -0.05) is 23.7 Å². The van der Waals surface area contributed by atoms with Gasteiger partial charge < -0.3 is 14.2 Å². The van der Waals surface area contributed by atoms with E-state index in [4.69, 9.17) is 31.3 Å². The summed E-state index contributed by atoms with van der Waals surface area (Å²) in [5.74, 6) is 2.34. The molecular weight excluding hydrogens is 431 g/mol. The highest BCUT2D eigenvalue weighted by molar-refractivity contribution is 6.33. The molecule has 4 heterocycles. The number of rotatable bonds is 6. The van der Waals surface area contributed by atoms with Crippen molar-refractivity contribution in [3.63, 3.8) is 0 Å². The van der Waals surface area contributed by atoms with E-state index in [9.17, 15) is 4.39 Å². The third kappa shape index (κ3) is 4.19. The number of hydrogen-bond donors (Lipinski definition) is 0. The fraction of sp³-hybridized carbons (Fsp3) is 0.522. The Kier molecular flexibility index (Phi) is 6.26. The van der Waals surface area contributed by atoms with Crippen molar-refractivity contribution in [1.29, 1.82) is 0 Å². The van der Waals surface area contributed by atoms with Gasteiger partial charge in [0.15, 0.2) is 17.0 Å². The average molecular weight is 459 g/mol. The summed E-state index contributed by atoms with van der Waals surface area (Å²) >= 11 is 6.57. The van der Waals surface area contributed by atoms with Crippen molar-refractivity contribution in [1.82, 2.24) is 24.4 Å². The van der Waals surface area contributed by atoms with Gasteiger partial charge in [0.25, 0.3) is 0 Å². The molecule has 2 aromatic heterocycles. The highest BCUT2D eigenvalue weighted by Crippen LogP contribution is 2.34. The van der Waals surface area contributed by atoms with Gasteiger partial charge in [0.2, 0.25) is 0 Å². The van der Waals surface area contributed by atoms with Crippen LogP contribution in [0, 0.1) is 6.92 Å². The lowest BCUT2D eigenvalue weighted by Gasteiger charge is -2.34. The van der Waals surface area contributed by atoms with Crippen LogP contribution >= 0.6 is 11.6 Å². The molecule has 2 saturated heterocycles. The average Bonchev–Trinajstić information content (AvgIpc) is 3.43. The molecule has 7 nitrogen and oxygen atoms in total. The summed E-state index contributed by atoms with van der Waals surface area (Å²) in [7, 11) is 0. The van der Waals surface area contributed by atoms with E-state index >= 15 is 0 Å². The van der Waals surface area contributed by atoms with Crippen LogP contribution in [-0.4, -0.2) is 76.5 Å². The molecule has 0 radical (unpaired) electrons. The van der Waals surface area contributed by atoms with E-state index in [0.717, 1.165) is 74.0 Å².